The predicted molar refractivity (Wildman–Crippen MR) is 83.7 cm³/mol. The Morgan fingerprint density at radius 1 is 1.16 bits per heavy atom. The van der Waals surface area contributed by atoms with Crippen molar-refractivity contribution in [2.45, 2.75) is 64.8 Å². The molecule has 0 amide bonds. The predicted octanol–water partition coefficient (Wildman–Crippen LogP) is 5.14. The van der Waals surface area contributed by atoms with E-state index >= 15 is 0 Å². The maximum atomic E-state index is 6.23. The van der Waals surface area contributed by atoms with Crippen molar-refractivity contribution in [2.75, 3.05) is 6.54 Å². The number of hydrogen-bond donors (Lipinski definition) is 1. The molecule has 0 saturated heterocycles. The highest BCUT2D eigenvalue weighted by Gasteiger charge is 2.14. The minimum atomic E-state index is 0.296. The summed E-state index contributed by atoms with van der Waals surface area (Å²) in [6.07, 6.45) is 10.9. The van der Waals surface area contributed by atoms with E-state index in [1.165, 1.54) is 38.5 Å². The van der Waals surface area contributed by atoms with Gasteiger partial charge >= 0.3 is 0 Å². The molecule has 0 spiro atoms. The zero-order chi connectivity index (χ0) is 13.9. The van der Waals surface area contributed by atoms with Gasteiger partial charge in [-0.05, 0) is 25.1 Å². The normalized spacial score (nSPS) is 12.6. The summed E-state index contributed by atoms with van der Waals surface area (Å²) >= 11 is 6.23. The van der Waals surface area contributed by atoms with E-state index < -0.39 is 0 Å². The number of pyridine rings is 1. The summed E-state index contributed by atoms with van der Waals surface area (Å²) in [5.41, 5.74) is 1.000. The summed E-state index contributed by atoms with van der Waals surface area (Å²) in [6.45, 7) is 5.34. The molecule has 0 aliphatic heterocycles. The molecule has 0 aliphatic rings. The van der Waals surface area contributed by atoms with Crippen LogP contribution in [0.2, 0.25) is 5.02 Å². The van der Waals surface area contributed by atoms with Gasteiger partial charge in [-0.15, -0.1) is 0 Å². The van der Waals surface area contributed by atoms with Gasteiger partial charge in [0.25, 0.3) is 0 Å². The topological polar surface area (TPSA) is 24.9 Å². The van der Waals surface area contributed by atoms with E-state index in [0.717, 1.165) is 23.7 Å². The first-order chi connectivity index (χ1) is 9.29. The molecule has 0 aliphatic carbocycles. The minimum absolute atomic E-state index is 0.296. The van der Waals surface area contributed by atoms with E-state index in [1.54, 1.807) is 0 Å². The number of hydrogen-bond acceptors (Lipinski definition) is 2. The standard InChI is InChI=1S/C16H27ClN2/c1-3-5-6-7-8-9-12-15(18-4-2)16-14(17)11-10-13-19-16/h10-11,13,15,18H,3-9,12H2,1-2H3. The minimum Gasteiger partial charge on any atom is -0.309 e. The zero-order valence-corrected chi connectivity index (χ0v) is 13.0. The quantitative estimate of drug-likeness (QED) is 0.601. The van der Waals surface area contributed by atoms with Crippen LogP contribution in [-0.4, -0.2) is 11.5 Å². The van der Waals surface area contributed by atoms with Crippen LogP contribution in [0.25, 0.3) is 0 Å². The number of nitrogens with one attached hydrogen (secondary N) is 1. The molecule has 1 rings (SSSR count). The molecule has 3 heteroatoms. The van der Waals surface area contributed by atoms with Crippen molar-refractivity contribution in [1.82, 2.24) is 10.3 Å². The fourth-order valence-electron chi connectivity index (χ4n) is 2.36. The van der Waals surface area contributed by atoms with Gasteiger partial charge in [0, 0.05) is 6.20 Å². The van der Waals surface area contributed by atoms with Crippen LogP contribution >= 0.6 is 11.6 Å². The van der Waals surface area contributed by atoms with Crippen molar-refractivity contribution in [3.8, 4) is 0 Å². The Labute approximate surface area is 123 Å². The lowest BCUT2D eigenvalue weighted by Gasteiger charge is -2.18. The lowest BCUT2D eigenvalue weighted by Crippen LogP contribution is -2.22. The smallest absolute Gasteiger partial charge is 0.0758 e. The average molecular weight is 283 g/mol. The molecular formula is C16H27ClN2. The van der Waals surface area contributed by atoms with E-state index in [2.05, 4.69) is 24.1 Å². The Kier molecular flexibility index (Phi) is 8.85. The highest BCUT2D eigenvalue weighted by molar-refractivity contribution is 6.31. The number of aromatic nitrogens is 1. The molecule has 1 aromatic rings. The third-order valence-corrected chi connectivity index (χ3v) is 3.73. The summed E-state index contributed by atoms with van der Waals surface area (Å²) in [6, 6.07) is 4.11. The molecule has 0 radical (unpaired) electrons. The van der Waals surface area contributed by atoms with Crippen LogP contribution in [0.1, 0.15) is 70.5 Å². The van der Waals surface area contributed by atoms with E-state index in [4.69, 9.17) is 11.6 Å². The molecule has 108 valence electrons. The molecule has 1 N–H and O–H groups in total. The Hall–Kier alpha value is -0.600. The molecule has 0 saturated carbocycles. The molecule has 0 aromatic carbocycles. The Balaban J connectivity index is 2.39. The van der Waals surface area contributed by atoms with Crippen LogP contribution in [0, 0.1) is 0 Å². The third-order valence-electron chi connectivity index (χ3n) is 3.41. The van der Waals surface area contributed by atoms with Gasteiger partial charge in [0.15, 0.2) is 0 Å². The molecule has 2 nitrogen and oxygen atoms in total. The Morgan fingerprint density at radius 2 is 1.89 bits per heavy atom. The van der Waals surface area contributed by atoms with Gasteiger partial charge < -0.3 is 5.32 Å². The zero-order valence-electron chi connectivity index (χ0n) is 12.3. The van der Waals surface area contributed by atoms with Gasteiger partial charge in [-0.1, -0.05) is 64.0 Å². The Bertz CT molecular complexity index is 341. The van der Waals surface area contributed by atoms with Gasteiger partial charge in [-0.3, -0.25) is 4.98 Å². The van der Waals surface area contributed by atoms with Crippen molar-refractivity contribution in [3.05, 3.63) is 29.0 Å². The van der Waals surface area contributed by atoms with E-state index in [9.17, 15) is 0 Å². The van der Waals surface area contributed by atoms with E-state index in [-0.39, 0.29) is 0 Å². The second kappa shape index (κ2) is 10.2. The van der Waals surface area contributed by atoms with E-state index in [0.29, 0.717) is 6.04 Å². The SMILES string of the molecule is CCCCCCCCC(NCC)c1ncccc1Cl. The maximum absolute atomic E-state index is 6.23. The molecule has 1 aromatic heterocycles. The summed E-state index contributed by atoms with van der Waals surface area (Å²) in [4.78, 5) is 4.43. The van der Waals surface area contributed by atoms with Gasteiger partial charge in [-0.25, -0.2) is 0 Å². The van der Waals surface area contributed by atoms with Gasteiger partial charge in [-0.2, -0.15) is 0 Å². The van der Waals surface area contributed by atoms with Crippen molar-refractivity contribution >= 4 is 11.6 Å². The monoisotopic (exact) mass is 282 g/mol. The maximum Gasteiger partial charge on any atom is 0.0758 e. The number of unbranched alkanes of at least 4 members (excludes halogenated alkanes) is 5. The van der Waals surface area contributed by atoms with Crippen molar-refractivity contribution < 1.29 is 0 Å². The fourth-order valence-corrected chi connectivity index (χ4v) is 2.62. The molecule has 1 heterocycles. The molecule has 19 heavy (non-hydrogen) atoms. The summed E-state index contributed by atoms with van der Waals surface area (Å²) < 4.78 is 0. The largest absolute Gasteiger partial charge is 0.309 e. The lowest BCUT2D eigenvalue weighted by atomic mass is 10.0. The summed E-state index contributed by atoms with van der Waals surface area (Å²) in [5.74, 6) is 0. The molecule has 1 unspecified atom stereocenters. The number of nitrogens with zero attached hydrogens (tertiary/aromatic N) is 1. The van der Waals surface area contributed by atoms with Crippen LogP contribution in [0.5, 0.6) is 0 Å². The van der Waals surface area contributed by atoms with Crippen LogP contribution in [0.4, 0.5) is 0 Å². The molecule has 0 fully saturated rings. The average Bonchev–Trinajstić information content (AvgIpc) is 2.42. The van der Waals surface area contributed by atoms with Crippen LogP contribution in [0.15, 0.2) is 18.3 Å². The second-order valence-electron chi connectivity index (χ2n) is 5.04. The van der Waals surface area contributed by atoms with Gasteiger partial charge in [0.2, 0.25) is 0 Å². The van der Waals surface area contributed by atoms with Crippen molar-refractivity contribution in [1.29, 1.82) is 0 Å². The second-order valence-corrected chi connectivity index (χ2v) is 5.44. The first kappa shape index (κ1) is 16.5. The van der Waals surface area contributed by atoms with Crippen LogP contribution < -0.4 is 5.32 Å². The Morgan fingerprint density at radius 3 is 2.58 bits per heavy atom. The van der Waals surface area contributed by atoms with Gasteiger partial charge in [0.1, 0.15) is 0 Å². The molecular weight excluding hydrogens is 256 g/mol. The van der Waals surface area contributed by atoms with Crippen molar-refractivity contribution in [3.63, 3.8) is 0 Å². The summed E-state index contributed by atoms with van der Waals surface area (Å²) in [5, 5.41) is 4.27. The lowest BCUT2D eigenvalue weighted by molar-refractivity contribution is 0.468. The molecule has 1 atom stereocenters. The summed E-state index contributed by atoms with van der Waals surface area (Å²) in [7, 11) is 0. The molecule has 0 bridgehead atoms. The van der Waals surface area contributed by atoms with E-state index in [1.807, 2.05) is 18.3 Å². The highest BCUT2D eigenvalue weighted by atomic mass is 35.5. The third kappa shape index (κ3) is 6.40. The van der Waals surface area contributed by atoms with Crippen LogP contribution in [0.3, 0.4) is 0 Å². The van der Waals surface area contributed by atoms with Crippen LogP contribution in [-0.2, 0) is 0 Å². The fraction of sp³-hybridized carbons (Fsp3) is 0.688. The first-order valence-electron chi connectivity index (χ1n) is 7.63. The number of halogens is 1. The van der Waals surface area contributed by atoms with Gasteiger partial charge in [0.05, 0.1) is 16.8 Å². The first-order valence-corrected chi connectivity index (χ1v) is 8.01. The highest BCUT2D eigenvalue weighted by Crippen LogP contribution is 2.24. The van der Waals surface area contributed by atoms with Crippen molar-refractivity contribution in [2.24, 2.45) is 0 Å². The number of rotatable bonds is 10.